The number of hydrogen-bond acceptors (Lipinski definition) is 5. The van der Waals surface area contributed by atoms with E-state index < -0.39 is 0 Å². The van der Waals surface area contributed by atoms with E-state index in [-0.39, 0.29) is 0 Å². The van der Waals surface area contributed by atoms with Gasteiger partial charge in [-0.05, 0) is 69.0 Å². The largest absolute Gasteiger partial charge is 0.497 e. The maximum absolute atomic E-state index is 6.17. The van der Waals surface area contributed by atoms with Crippen LogP contribution in [0.15, 0.2) is 42.5 Å². The van der Waals surface area contributed by atoms with Gasteiger partial charge in [0, 0.05) is 17.0 Å². The lowest BCUT2D eigenvalue weighted by atomic mass is 10.2. The van der Waals surface area contributed by atoms with E-state index in [0.717, 1.165) is 47.5 Å². The number of fused-ring (bicyclic) bond motifs is 1. The van der Waals surface area contributed by atoms with Gasteiger partial charge in [-0.3, -0.25) is 0 Å². The zero-order valence-electron chi connectivity index (χ0n) is 16.4. The van der Waals surface area contributed by atoms with Gasteiger partial charge in [0.15, 0.2) is 5.82 Å². The number of anilines is 1. The first-order valence-electron chi connectivity index (χ1n) is 9.23. The van der Waals surface area contributed by atoms with Gasteiger partial charge in [-0.2, -0.15) is 0 Å². The van der Waals surface area contributed by atoms with Crippen molar-refractivity contribution in [1.29, 1.82) is 0 Å². The van der Waals surface area contributed by atoms with Crippen molar-refractivity contribution in [2.45, 2.75) is 6.42 Å². The second kappa shape index (κ2) is 9.53. The Kier molecular flexibility index (Phi) is 6.85. The van der Waals surface area contributed by atoms with Gasteiger partial charge in [-0.15, -0.1) is 0 Å². The molecule has 0 spiro atoms. The molecule has 0 aliphatic heterocycles. The van der Waals surface area contributed by atoms with E-state index >= 15 is 0 Å². The van der Waals surface area contributed by atoms with Crippen LogP contribution in [0.2, 0.25) is 5.02 Å². The highest BCUT2D eigenvalue weighted by atomic mass is 35.5. The number of nitrogens with zero attached hydrogens (tertiary/aromatic N) is 3. The van der Waals surface area contributed by atoms with Crippen LogP contribution in [-0.4, -0.2) is 49.2 Å². The number of rotatable bonds is 8. The van der Waals surface area contributed by atoms with Crippen LogP contribution in [0.5, 0.6) is 5.75 Å². The fraction of sp³-hybridized carbons (Fsp3) is 0.273. The topological polar surface area (TPSA) is 50.3 Å². The van der Waals surface area contributed by atoms with Gasteiger partial charge < -0.3 is 15.0 Å². The van der Waals surface area contributed by atoms with E-state index in [1.165, 1.54) is 0 Å². The number of ether oxygens (including phenoxy) is 1. The Bertz CT molecular complexity index is 955. The third-order valence-corrected chi connectivity index (χ3v) is 4.53. The number of halogens is 1. The van der Waals surface area contributed by atoms with E-state index in [1.54, 1.807) is 7.11 Å². The minimum atomic E-state index is 0.640. The summed E-state index contributed by atoms with van der Waals surface area (Å²) in [6.45, 7) is 1.86. The summed E-state index contributed by atoms with van der Waals surface area (Å²) in [6.07, 6.45) is 4.93. The Morgan fingerprint density at radius 2 is 1.86 bits per heavy atom. The summed E-state index contributed by atoms with van der Waals surface area (Å²) in [6, 6.07) is 13.5. The van der Waals surface area contributed by atoms with Gasteiger partial charge in [0.25, 0.3) is 0 Å². The van der Waals surface area contributed by atoms with Crippen LogP contribution in [0.3, 0.4) is 0 Å². The minimum absolute atomic E-state index is 0.640. The fourth-order valence-corrected chi connectivity index (χ4v) is 2.98. The molecule has 2 aromatic carbocycles. The molecule has 0 bridgehead atoms. The summed E-state index contributed by atoms with van der Waals surface area (Å²) in [5, 5.41) is 5.08. The number of nitrogens with one attached hydrogen (secondary N) is 1. The second-order valence-corrected chi connectivity index (χ2v) is 7.22. The van der Waals surface area contributed by atoms with Gasteiger partial charge in [0.1, 0.15) is 11.6 Å². The molecule has 28 heavy (non-hydrogen) atoms. The average Bonchev–Trinajstić information content (AvgIpc) is 2.69. The molecule has 6 heteroatoms. The van der Waals surface area contributed by atoms with Gasteiger partial charge in [-0.1, -0.05) is 29.8 Å². The van der Waals surface area contributed by atoms with Crippen LogP contribution < -0.4 is 10.1 Å². The van der Waals surface area contributed by atoms with Crippen LogP contribution in [-0.2, 0) is 0 Å². The molecule has 5 nitrogen and oxygen atoms in total. The molecule has 1 aromatic heterocycles. The maximum Gasteiger partial charge on any atom is 0.154 e. The van der Waals surface area contributed by atoms with Gasteiger partial charge in [-0.25, -0.2) is 9.97 Å². The molecule has 0 aliphatic rings. The lowest BCUT2D eigenvalue weighted by Gasteiger charge is -2.12. The maximum atomic E-state index is 6.17. The van der Waals surface area contributed by atoms with Crippen molar-refractivity contribution in [2.24, 2.45) is 0 Å². The van der Waals surface area contributed by atoms with Crippen molar-refractivity contribution in [3.63, 3.8) is 0 Å². The molecule has 0 saturated carbocycles. The molecule has 0 amide bonds. The Hall–Kier alpha value is -2.63. The van der Waals surface area contributed by atoms with Crippen LogP contribution in [0.25, 0.3) is 23.1 Å². The summed E-state index contributed by atoms with van der Waals surface area (Å²) in [5.74, 6) is 2.30. The molecule has 0 atom stereocenters. The number of methoxy groups -OCH3 is 1. The van der Waals surface area contributed by atoms with E-state index in [1.807, 2.05) is 54.6 Å². The zero-order chi connectivity index (χ0) is 19.9. The standard InChI is InChI=1S/C22H25ClN4O/c1-27(2)14-4-13-24-22-19-11-8-17(23)15-20(19)25-21(26-22)12-7-16-5-9-18(28-3)10-6-16/h5-12,15H,4,13-14H2,1-3H3,(H,24,25,26)/b12-7+. The SMILES string of the molecule is COc1ccc(/C=C/c2nc(NCCCN(C)C)c3ccc(Cl)cc3n2)cc1. The summed E-state index contributed by atoms with van der Waals surface area (Å²) in [4.78, 5) is 11.5. The van der Waals surface area contributed by atoms with Gasteiger partial charge in [0.05, 0.1) is 12.6 Å². The lowest BCUT2D eigenvalue weighted by Crippen LogP contribution is -2.17. The first-order chi connectivity index (χ1) is 13.5. The van der Waals surface area contributed by atoms with Gasteiger partial charge >= 0.3 is 0 Å². The Labute approximate surface area is 171 Å². The minimum Gasteiger partial charge on any atom is -0.497 e. The molecule has 1 N–H and O–H groups in total. The van der Waals surface area contributed by atoms with Crippen molar-refractivity contribution >= 4 is 40.5 Å². The molecule has 3 rings (SSSR count). The van der Waals surface area contributed by atoms with Crippen LogP contribution >= 0.6 is 11.6 Å². The van der Waals surface area contributed by atoms with Crippen LogP contribution in [0, 0.1) is 0 Å². The molecule has 1 heterocycles. The second-order valence-electron chi connectivity index (χ2n) is 6.78. The van der Waals surface area contributed by atoms with E-state index in [9.17, 15) is 0 Å². The molecule has 146 valence electrons. The molecular formula is C22H25ClN4O. The van der Waals surface area contributed by atoms with Crippen molar-refractivity contribution in [2.75, 3.05) is 39.6 Å². The van der Waals surface area contributed by atoms with Crippen LogP contribution in [0.1, 0.15) is 17.8 Å². The highest BCUT2D eigenvalue weighted by Crippen LogP contribution is 2.24. The molecular weight excluding hydrogens is 372 g/mol. The van der Waals surface area contributed by atoms with Crippen molar-refractivity contribution < 1.29 is 4.74 Å². The molecule has 0 fully saturated rings. The van der Waals surface area contributed by atoms with Crippen molar-refractivity contribution in [1.82, 2.24) is 14.9 Å². The van der Waals surface area contributed by atoms with Crippen LogP contribution in [0.4, 0.5) is 5.82 Å². The molecule has 0 radical (unpaired) electrons. The third-order valence-electron chi connectivity index (χ3n) is 4.29. The van der Waals surface area contributed by atoms with Gasteiger partial charge in [0.2, 0.25) is 0 Å². The fourth-order valence-electron chi connectivity index (χ4n) is 2.82. The Balaban J connectivity index is 1.85. The third kappa shape index (κ3) is 5.44. The number of benzene rings is 2. The monoisotopic (exact) mass is 396 g/mol. The molecule has 0 unspecified atom stereocenters. The molecule has 0 saturated heterocycles. The highest BCUT2D eigenvalue weighted by Gasteiger charge is 2.07. The number of aromatic nitrogens is 2. The summed E-state index contributed by atoms with van der Waals surface area (Å²) < 4.78 is 5.20. The predicted octanol–water partition coefficient (Wildman–Crippen LogP) is 4.83. The zero-order valence-corrected chi connectivity index (χ0v) is 17.2. The predicted molar refractivity (Wildman–Crippen MR) is 118 cm³/mol. The number of hydrogen-bond donors (Lipinski definition) is 1. The van der Waals surface area contributed by atoms with E-state index in [2.05, 4.69) is 29.3 Å². The van der Waals surface area contributed by atoms with E-state index in [0.29, 0.717) is 10.8 Å². The Morgan fingerprint density at radius 3 is 2.57 bits per heavy atom. The molecule has 0 aliphatic carbocycles. The average molecular weight is 397 g/mol. The van der Waals surface area contributed by atoms with E-state index in [4.69, 9.17) is 21.3 Å². The van der Waals surface area contributed by atoms with Crippen molar-refractivity contribution in [3.05, 3.63) is 58.9 Å². The summed E-state index contributed by atoms with van der Waals surface area (Å²) in [5.41, 5.74) is 1.88. The van der Waals surface area contributed by atoms with Crippen molar-refractivity contribution in [3.8, 4) is 5.75 Å². The first-order valence-corrected chi connectivity index (χ1v) is 9.61. The highest BCUT2D eigenvalue weighted by molar-refractivity contribution is 6.31. The molecule has 3 aromatic rings. The first kappa shape index (κ1) is 20.1. The smallest absolute Gasteiger partial charge is 0.154 e. The normalized spacial score (nSPS) is 11.5. The summed E-state index contributed by atoms with van der Waals surface area (Å²) >= 11 is 6.17. The summed E-state index contributed by atoms with van der Waals surface area (Å²) in [7, 11) is 5.81. The quantitative estimate of drug-likeness (QED) is 0.553. The Morgan fingerprint density at radius 1 is 1.07 bits per heavy atom. The lowest BCUT2D eigenvalue weighted by molar-refractivity contribution is 0.405.